The summed E-state index contributed by atoms with van der Waals surface area (Å²) in [5.74, 6) is -0.564. The van der Waals surface area contributed by atoms with Gasteiger partial charge in [0.2, 0.25) is 0 Å². The number of fused-ring (bicyclic) bond motifs is 1. The number of hydrogen-bond donors (Lipinski definition) is 2. The quantitative estimate of drug-likeness (QED) is 0.630. The second-order valence-electron chi connectivity index (χ2n) is 7.49. The maximum atomic E-state index is 13.2. The summed E-state index contributed by atoms with van der Waals surface area (Å²) in [4.78, 5) is 28.3. The van der Waals surface area contributed by atoms with E-state index < -0.39 is 5.97 Å². The Kier molecular flexibility index (Phi) is 5.16. The molecule has 1 saturated carbocycles. The van der Waals surface area contributed by atoms with Crippen molar-refractivity contribution >= 4 is 34.2 Å². The molecule has 6 nitrogen and oxygen atoms in total. The largest absolute Gasteiger partial charge is 0.478 e. The number of nitrogens with one attached hydrogen (secondary N) is 1. The van der Waals surface area contributed by atoms with Gasteiger partial charge in [-0.25, -0.2) is 9.78 Å². The summed E-state index contributed by atoms with van der Waals surface area (Å²) in [6.45, 7) is 0. The Morgan fingerprint density at radius 3 is 2.62 bits per heavy atom. The van der Waals surface area contributed by atoms with Gasteiger partial charge in [0.05, 0.1) is 5.56 Å². The number of allylic oxidation sites excluding steroid dienone is 1. The Morgan fingerprint density at radius 2 is 1.93 bits per heavy atom. The first-order chi connectivity index (χ1) is 14.0. The van der Waals surface area contributed by atoms with E-state index in [0.717, 1.165) is 29.3 Å². The van der Waals surface area contributed by atoms with E-state index in [-0.39, 0.29) is 11.5 Å². The third-order valence-corrected chi connectivity index (χ3v) is 5.49. The van der Waals surface area contributed by atoms with Crippen LogP contribution in [0.1, 0.15) is 41.6 Å². The molecule has 4 rings (SSSR count). The molecule has 148 valence electrons. The number of para-hydroxylation sites is 1. The topological polar surface area (TPSA) is 84.2 Å². The average Bonchev–Trinajstić information content (AvgIpc) is 3.35. The average molecular weight is 389 g/mol. The molecule has 29 heavy (non-hydrogen) atoms. The molecule has 2 N–H and O–H groups in total. The Bertz CT molecular complexity index is 1090. The third kappa shape index (κ3) is 3.92. The fourth-order valence-electron chi connectivity index (χ4n) is 3.98. The molecule has 0 aliphatic heterocycles. The highest BCUT2D eigenvalue weighted by atomic mass is 16.4. The molecular weight excluding hydrogens is 366 g/mol. The molecule has 2 aromatic heterocycles. The van der Waals surface area contributed by atoms with Gasteiger partial charge in [0.15, 0.2) is 0 Å². The monoisotopic (exact) mass is 389 g/mol. The number of aryl methyl sites for hydroxylation is 1. The van der Waals surface area contributed by atoms with Crippen LogP contribution in [0.15, 0.2) is 54.9 Å². The maximum Gasteiger partial charge on any atom is 0.337 e. The molecule has 1 aliphatic carbocycles. The summed E-state index contributed by atoms with van der Waals surface area (Å²) in [6.07, 6.45) is 9.88. The van der Waals surface area contributed by atoms with Crippen LogP contribution in [-0.4, -0.2) is 26.5 Å². The first-order valence-electron chi connectivity index (χ1n) is 9.80. The van der Waals surface area contributed by atoms with Crippen molar-refractivity contribution in [2.45, 2.75) is 25.7 Å². The van der Waals surface area contributed by atoms with Crippen molar-refractivity contribution in [1.82, 2.24) is 9.55 Å². The van der Waals surface area contributed by atoms with Gasteiger partial charge in [-0.15, -0.1) is 0 Å². The maximum absolute atomic E-state index is 13.2. The van der Waals surface area contributed by atoms with Gasteiger partial charge in [0.25, 0.3) is 5.91 Å². The van der Waals surface area contributed by atoms with Crippen LogP contribution in [0.2, 0.25) is 0 Å². The van der Waals surface area contributed by atoms with E-state index in [1.165, 1.54) is 31.2 Å². The van der Waals surface area contributed by atoms with Gasteiger partial charge in [-0.3, -0.25) is 4.79 Å². The van der Waals surface area contributed by atoms with Crippen molar-refractivity contribution in [1.29, 1.82) is 0 Å². The predicted molar refractivity (Wildman–Crippen MR) is 113 cm³/mol. The van der Waals surface area contributed by atoms with E-state index in [9.17, 15) is 9.59 Å². The number of amides is 1. The van der Waals surface area contributed by atoms with Crippen molar-refractivity contribution in [3.8, 4) is 0 Å². The van der Waals surface area contributed by atoms with Gasteiger partial charge in [-0.2, -0.15) is 0 Å². The first-order valence-corrected chi connectivity index (χ1v) is 9.80. The second-order valence-corrected chi connectivity index (χ2v) is 7.49. The zero-order valence-electron chi connectivity index (χ0n) is 16.3. The smallest absolute Gasteiger partial charge is 0.337 e. The highest BCUT2D eigenvalue weighted by Crippen LogP contribution is 2.33. The Labute approximate surface area is 168 Å². The van der Waals surface area contributed by atoms with Crippen molar-refractivity contribution in [3.63, 3.8) is 0 Å². The molecule has 1 fully saturated rings. The summed E-state index contributed by atoms with van der Waals surface area (Å²) < 4.78 is 2.03. The molecule has 3 aromatic rings. The molecule has 0 unspecified atom stereocenters. The summed E-state index contributed by atoms with van der Waals surface area (Å²) >= 11 is 0. The van der Waals surface area contributed by atoms with Crippen LogP contribution in [0.5, 0.6) is 0 Å². The molecule has 1 aliphatic rings. The van der Waals surface area contributed by atoms with Gasteiger partial charge in [0, 0.05) is 41.5 Å². The lowest BCUT2D eigenvalue weighted by Crippen LogP contribution is -2.15. The number of aromatic carboxylic acids is 1. The molecule has 0 radical (unpaired) electrons. The molecule has 2 heterocycles. The standard InChI is InChI=1S/C23H23N3O3/c1-26-14-19(17-8-4-5-9-20(17)26)18(12-15-6-2-3-7-15)22(27)25-21-11-10-16(13-24-21)23(28)29/h4-5,8-15H,2-3,6-7H2,1H3,(H,28,29)(H,24,25,27). The zero-order chi connectivity index (χ0) is 20.4. The predicted octanol–water partition coefficient (Wildman–Crippen LogP) is 4.48. The van der Waals surface area contributed by atoms with Crippen LogP contribution in [0.3, 0.4) is 0 Å². The van der Waals surface area contributed by atoms with Crippen LogP contribution < -0.4 is 5.32 Å². The van der Waals surface area contributed by atoms with Gasteiger partial charge >= 0.3 is 5.97 Å². The normalized spacial score (nSPS) is 15.0. The van der Waals surface area contributed by atoms with Crippen LogP contribution >= 0.6 is 0 Å². The van der Waals surface area contributed by atoms with Gasteiger partial charge < -0.3 is 15.0 Å². The number of benzene rings is 1. The number of anilines is 1. The Morgan fingerprint density at radius 1 is 1.17 bits per heavy atom. The van der Waals surface area contributed by atoms with Crippen molar-refractivity contribution in [2.75, 3.05) is 5.32 Å². The highest BCUT2D eigenvalue weighted by molar-refractivity contribution is 6.27. The van der Waals surface area contributed by atoms with E-state index >= 15 is 0 Å². The zero-order valence-corrected chi connectivity index (χ0v) is 16.3. The Hall–Kier alpha value is -3.41. The van der Waals surface area contributed by atoms with Crippen molar-refractivity contribution < 1.29 is 14.7 Å². The first kappa shape index (κ1) is 18.9. The number of aromatic nitrogens is 2. The van der Waals surface area contributed by atoms with E-state index in [4.69, 9.17) is 5.11 Å². The van der Waals surface area contributed by atoms with Crippen LogP contribution in [0.25, 0.3) is 16.5 Å². The number of carboxylic acid groups (broad SMARTS) is 1. The fourth-order valence-corrected chi connectivity index (χ4v) is 3.98. The third-order valence-electron chi connectivity index (χ3n) is 5.49. The summed E-state index contributed by atoms with van der Waals surface area (Å²) in [5.41, 5.74) is 2.68. The second kappa shape index (κ2) is 7.91. The molecule has 0 bridgehead atoms. The number of nitrogens with zero attached hydrogens (tertiary/aromatic N) is 2. The van der Waals surface area contributed by atoms with Crippen LogP contribution in [0, 0.1) is 5.92 Å². The number of carboxylic acids is 1. The minimum Gasteiger partial charge on any atom is -0.478 e. The molecule has 1 amide bonds. The number of hydrogen-bond acceptors (Lipinski definition) is 3. The van der Waals surface area contributed by atoms with Gasteiger partial charge in [0.1, 0.15) is 5.82 Å². The van der Waals surface area contributed by atoms with Crippen molar-refractivity contribution in [2.24, 2.45) is 13.0 Å². The number of pyridine rings is 1. The molecule has 0 atom stereocenters. The van der Waals surface area contributed by atoms with E-state index in [1.54, 1.807) is 0 Å². The number of carbonyl (C=O) groups excluding carboxylic acids is 1. The number of carbonyl (C=O) groups is 2. The van der Waals surface area contributed by atoms with Crippen LogP contribution in [-0.2, 0) is 11.8 Å². The SMILES string of the molecule is Cn1cc(C(=CC2CCCC2)C(=O)Nc2ccc(C(=O)O)cn2)c2ccccc21. The minimum atomic E-state index is -1.05. The van der Waals surface area contributed by atoms with Crippen molar-refractivity contribution in [3.05, 3.63) is 66.0 Å². The van der Waals surface area contributed by atoms with Gasteiger partial charge in [-0.1, -0.05) is 37.1 Å². The van der Waals surface area contributed by atoms with E-state index in [1.807, 2.05) is 42.1 Å². The number of rotatable bonds is 5. The van der Waals surface area contributed by atoms with Crippen LogP contribution in [0.4, 0.5) is 5.82 Å². The fraction of sp³-hybridized carbons (Fsp3) is 0.261. The molecule has 0 saturated heterocycles. The summed E-state index contributed by atoms with van der Waals surface area (Å²) in [7, 11) is 1.98. The minimum absolute atomic E-state index is 0.0822. The lowest BCUT2D eigenvalue weighted by molar-refractivity contribution is -0.111. The molecule has 1 aromatic carbocycles. The molecule has 6 heteroatoms. The lowest BCUT2D eigenvalue weighted by Gasteiger charge is -2.11. The van der Waals surface area contributed by atoms with E-state index in [0.29, 0.717) is 17.3 Å². The van der Waals surface area contributed by atoms with E-state index in [2.05, 4.69) is 16.4 Å². The lowest BCUT2D eigenvalue weighted by atomic mass is 9.97. The Balaban J connectivity index is 1.70. The highest BCUT2D eigenvalue weighted by Gasteiger charge is 2.21. The van der Waals surface area contributed by atoms with Gasteiger partial charge in [-0.05, 0) is 37.0 Å². The summed E-state index contributed by atoms with van der Waals surface area (Å²) in [5, 5.41) is 12.9. The molecule has 0 spiro atoms. The summed E-state index contributed by atoms with van der Waals surface area (Å²) in [6, 6.07) is 11.0. The molecular formula is C23H23N3O3.